The third-order valence-corrected chi connectivity index (χ3v) is 5.37. The normalized spacial score (nSPS) is 10.7. The van der Waals surface area contributed by atoms with E-state index in [0.717, 1.165) is 10.2 Å². The molecule has 10 heteroatoms. The molecule has 0 radical (unpaired) electrons. The molecule has 2 aromatic carbocycles. The van der Waals surface area contributed by atoms with E-state index in [1.807, 2.05) is 18.2 Å². The lowest BCUT2D eigenvalue weighted by molar-refractivity contribution is 0.705. The molecule has 1 aromatic heterocycles. The first-order chi connectivity index (χ1) is 12.5. The Balaban J connectivity index is 1.83. The molecule has 0 bridgehead atoms. The molecule has 134 valence electrons. The fourth-order valence-corrected chi connectivity index (χ4v) is 3.69. The Labute approximate surface area is 168 Å². The highest BCUT2D eigenvalue weighted by Crippen LogP contribution is 2.31. The topological polar surface area (TPSA) is 85.8 Å². The molecular weight excluding hydrogens is 417 g/mol. The van der Waals surface area contributed by atoms with Gasteiger partial charge in [0.1, 0.15) is 0 Å². The van der Waals surface area contributed by atoms with Crippen LogP contribution in [0.1, 0.15) is 5.56 Å². The summed E-state index contributed by atoms with van der Waals surface area (Å²) in [5.41, 5.74) is 0.704. The lowest BCUT2D eigenvalue weighted by Crippen LogP contribution is -2.32. The molecule has 0 aliphatic rings. The van der Waals surface area contributed by atoms with Gasteiger partial charge in [0.25, 0.3) is 0 Å². The largest absolute Gasteiger partial charge is 0.334 e. The van der Waals surface area contributed by atoms with Crippen molar-refractivity contribution in [3.05, 3.63) is 73.4 Å². The zero-order valence-electron chi connectivity index (χ0n) is 13.1. The second-order valence-electron chi connectivity index (χ2n) is 5.11. The molecule has 3 aromatic rings. The minimum atomic E-state index is -0.558. The molecule has 3 N–H and O–H groups in total. The van der Waals surface area contributed by atoms with Gasteiger partial charge in [-0.15, -0.1) is 10.2 Å². The molecule has 6 nitrogen and oxygen atoms in total. The predicted molar refractivity (Wildman–Crippen MR) is 107 cm³/mol. The number of hydrogen-bond acceptors (Lipinski definition) is 6. The van der Waals surface area contributed by atoms with E-state index >= 15 is 0 Å². The smallest absolute Gasteiger partial charge is 0.315 e. The van der Waals surface area contributed by atoms with Crippen molar-refractivity contribution in [3.8, 4) is 0 Å². The Bertz CT molecular complexity index is 991. The molecule has 1 heterocycles. The maximum absolute atomic E-state index is 12.4. The van der Waals surface area contributed by atoms with E-state index in [2.05, 4.69) is 15.5 Å². The first kappa shape index (κ1) is 18.8. The van der Waals surface area contributed by atoms with Gasteiger partial charge >= 0.3 is 5.56 Å². The second kappa shape index (κ2) is 8.18. The number of benzene rings is 2. The number of rotatable bonds is 5. The van der Waals surface area contributed by atoms with Gasteiger partial charge in [-0.25, -0.2) is 0 Å². The van der Waals surface area contributed by atoms with Gasteiger partial charge in [0, 0.05) is 10.8 Å². The third kappa shape index (κ3) is 4.07. The second-order valence-corrected chi connectivity index (χ2v) is 7.27. The van der Waals surface area contributed by atoms with Crippen LogP contribution in [-0.4, -0.2) is 14.9 Å². The monoisotopic (exact) mass is 427 g/mol. The SMILES string of the molecule is Nn1c(SCc2ccccc2Cl)nnc(Nc2c(Cl)cccc2Cl)c1=O. The van der Waals surface area contributed by atoms with Gasteiger partial charge in [-0.3, -0.25) is 4.79 Å². The van der Waals surface area contributed by atoms with Crippen LogP contribution in [0.2, 0.25) is 15.1 Å². The summed E-state index contributed by atoms with van der Waals surface area (Å²) in [7, 11) is 0. The summed E-state index contributed by atoms with van der Waals surface area (Å²) in [6.07, 6.45) is 0. The van der Waals surface area contributed by atoms with Crippen LogP contribution < -0.4 is 16.7 Å². The van der Waals surface area contributed by atoms with E-state index in [9.17, 15) is 4.79 Å². The van der Waals surface area contributed by atoms with E-state index in [4.69, 9.17) is 40.6 Å². The van der Waals surface area contributed by atoms with Crippen LogP contribution in [0.3, 0.4) is 0 Å². The standard InChI is InChI=1S/C16H12Cl3N5OS/c17-10-5-2-1-4-9(10)8-26-16-23-22-14(15(25)24(16)20)21-13-11(18)6-3-7-12(13)19/h1-7H,8,20H2,(H,21,22). The van der Waals surface area contributed by atoms with Crippen molar-refractivity contribution < 1.29 is 0 Å². The van der Waals surface area contributed by atoms with Crippen LogP contribution in [0, 0.1) is 0 Å². The fourth-order valence-electron chi connectivity index (χ4n) is 2.05. The zero-order chi connectivity index (χ0) is 18.7. The molecule has 0 atom stereocenters. The van der Waals surface area contributed by atoms with Gasteiger partial charge in [0.15, 0.2) is 0 Å². The molecule has 26 heavy (non-hydrogen) atoms. The van der Waals surface area contributed by atoms with Crippen LogP contribution in [-0.2, 0) is 5.75 Å². The number of nitrogens with one attached hydrogen (secondary N) is 1. The van der Waals surface area contributed by atoms with E-state index < -0.39 is 5.56 Å². The van der Waals surface area contributed by atoms with Gasteiger partial charge in [0.2, 0.25) is 11.0 Å². The van der Waals surface area contributed by atoms with E-state index in [0.29, 0.717) is 26.5 Å². The summed E-state index contributed by atoms with van der Waals surface area (Å²) in [5, 5.41) is 12.3. The number of aromatic nitrogens is 3. The quantitative estimate of drug-likeness (QED) is 0.464. The summed E-state index contributed by atoms with van der Waals surface area (Å²) in [6, 6.07) is 12.4. The highest BCUT2D eigenvalue weighted by molar-refractivity contribution is 7.98. The Kier molecular flexibility index (Phi) is 5.93. The average Bonchev–Trinajstić information content (AvgIpc) is 2.62. The Morgan fingerprint density at radius 1 is 1.00 bits per heavy atom. The van der Waals surface area contributed by atoms with Crippen molar-refractivity contribution in [2.75, 3.05) is 11.2 Å². The third-order valence-electron chi connectivity index (χ3n) is 3.38. The summed E-state index contributed by atoms with van der Waals surface area (Å²) in [5.74, 6) is 6.27. The fraction of sp³-hybridized carbons (Fsp3) is 0.0625. The minimum absolute atomic E-state index is 0.0791. The van der Waals surface area contributed by atoms with Gasteiger partial charge in [-0.2, -0.15) is 4.68 Å². The van der Waals surface area contributed by atoms with Crippen molar-refractivity contribution in [2.24, 2.45) is 0 Å². The Morgan fingerprint density at radius 2 is 1.65 bits per heavy atom. The first-order valence-corrected chi connectivity index (χ1v) is 9.41. The summed E-state index contributed by atoms with van der Waals surface area (Å²) in [6.45, 7) is 0. The Hall–Kier alpha value is -1.93. The van der Waals surface area contributed by atoms with Gasteiger partial charge in [-0.1, -0.05) is 70.8 Å². The molecular formula is C16H12Cl3N5OS. The number of nitrogen functional groups attached to an aromatic ring is 1. The molecule has 0 amide bonds. The van der Waals surface area contributed by atoms with E-state index in [-0.39, 0.29) is 11.0 Å². The average molecular weight is 429 g/mol. The van der Waals surface area contributed by atoms with E-state index in [1.165, 1.54) is 11.8 Å². The highest BCUT2D eigenvalue weighted by Gasteiger charge is 2.14. The van der Waals surface area contributed by atoms with Crippen LogP contribution in [0.5, 0.6) is 0 Å². The van der Waals surface area contributed by atoms with Crippen LogP contribution >= 0.6 is 46.6 Å². The van der Waals surface area contributed by atoms with E-state index in [1.54, 1.807) is 24.3 Å². The maximum Gasteiger partial charge on any atom is 0.315 e. The number of halogens is 3. The number of nitrogens with two attached hydrogens (primary N) is 1. The first-order valence-electron chi connectivity index (χ1n) is 7.29. The van der Waals surface area contributed by atoms with Gasteiger partial charge in [0.05, 0.1) is 15.7 Å². The lowest BCUT2D eigenvalue weighted by atomic mass is 10.2. The summed E-state index contributed by atoms with van der Waals surface area (Å²) >= 11 is 19.5. The van der Waals surface area contributed by atoms with Crippen molar-refractivity contribution in [2.45, 2.75) is 10.9 Å². The molecule has 0 unspecified atom stereocenters. The number of nitrogens with zero attached hydrogens (tertiary/aromatic N) is 3. The summed E-state index contributed by atoms with van der Waals surface area (Å²) in [4.78, 5) is 12.4. The number of hydrogen-bond donors (Lipinski definition) is 2. The summed E-state index contributed by atoms with van der Waals surface area (Å²) < 4.78 is 0.918. The molecule has 0 aliphatic heterocycles. The molecule has 3 rings (SSSR count). The molecule has 0 saturated heterocycles. The molecule has 0 aliphatic carbocycles. The van der Waals surface area contributed by atoms with Crippen LogP contribution in [0.15, 0.2) is 52.4 Å². The van der Waals surface area contributed by atoms with Gasteiger partial charge < -0.3 is 11.2 Å². The predicted octanol–water partition coefficient (Wildman–Crippen LogP) is 4.35. The minimum Gasteiger partial charge on any atom is -0.334 e. The number of anilines is 2. The number of para-hydroxylation sites is 1. The van der Waals surface area contributed by atoms with Gasteiger partial charge in [-0.05, 0) is 23.8 Å². The lowest BCUT2D eigenvalue weighted by Gasteiger charge is -2.11. The molecule has 0 spiro atoms. The number of thioether (sulfide) groups is 1. The van der Waals surface area contributed by atoms with Crippen molar-refractivity contribution in [1.29, 1.82) is 0 Å². The highest BCUT2D eigenvalue weighted by atomic mass is 35.5. The van der Waals surface area contributed by atoms with Crippen molar-refractivity contribution in [1.82, 2.24) is 14.9 Å². The zero-order valence-corrected chi connectivity index (χ0v) is 16.2. The maximum atomic E-state index is 12.4. The Morgan fingerprint density at radius 3 is 2.35 bits per heavy atom. The molecule has 0 fully saturated rings. The van der Waals surface area contributed by atoms with Crippen molar-refractivity contribution in [3.63, 3.8) is 0 Å². The van der Waals surface area contributed by atoms with Crippen molar-refractivity contribution >= 4 is 58.1 Å². The molecule has 0 saturated carbocycles. The van der Waals surface area contributed by atoms with Crippen LogP contribution in [0.4, 0.5) is 11.5 Å². The van der Waals surface area contributed by atoms with Crippen LogP contribution in [0.25, 0.3) is 0 Å².